The second-order valence-electron chi connectivity index (χ2n) is 3.94. The van der Waals surface area contributed by atoms with Crippen molar-refractivity contribution < 1.29 is 9.18 Å². The highest BCUT2D eigenvalue weighted by Crippen LogP contribution is 2.25. The van der Waals surface area contributed by atoms with Crippen molar-refractivity contribution in [3.05, 3.63) is 67.9 Å². The van der Waals surface area contributed by atoms with Crippen LogP contribution < -0.4 is 0 Å². The minimum Gasteiger partial charge on any atom is -0.288 e. The molecule has 0 unspecified atom stereocenters. The molecule has 1 nitrogen and oxygen atoms in total. The van der Waals surface area contributed by atoms with Crippen LogP contribution in [0.1, 0.15) is 21.5 Å². The highest BCUT2D eigenvalue weighted by molar-refractivity contribution is 9.11. The summed E-state index contributed by atoms with van der Waals surface area (Å²) >= 11 is 6.63. The van der Waals surface area contributed by atoms with Gasteiger partial charge < -0.3 is 0 Å². The van der Waals surface area contributed by atoms with Crippen LogP contribution in [0.2, 0.25) is 0 Å². The van der Waals surface area contributed by atoms with Crippen molar-refractivity contribution in [2.24, 2.45) is 0 Å². The quantitative estimate of drug-likeness (QED) is 0.687. The Morgan fingerprint density at radius 1 is 1.06 bits per heavy atom. The van der Waals surface area contributed by atoms with Gasteiger partial charge in [0.2, 0.25) is 0 Å². The van der Waals surface area contributed by atoms with E-state index in [1.807, 2.05) is 6.92 Å². The maximum absolute atomic E-state index is 13.7. The summed E-state index contributed by atoms with van der Waals surface area (Å²) in [6, 6.07) is 9.70. The van der Waals surface area contributed by atoms with Gasteiger partial charge in [0.05, 0.1) is 5.56 Å². The van der Waals surface area contributed by atoms with Crippen LogP contribution in [-0.2, 0) is 0 Å². The van der Waals surface area contributed by atoms with E-state index in [9.17, 15) is 9.18 Å². The molecule has 0 fully saturated rings. The number of carbonyl (C=O) groups excluding carboxylic acids is 1. The molecule has 0 saturated heterocycles. The van der Waals surface area contributed by atoms with Crippen LogP contribution in [-0.4, -0.2) is 5.78 Å². The third-order valence-corrected chi connectivity index (χ3v) is 3.69. The highest BCUT2D eigenvalue weighted by atomic mass is 79.9. The summed E-state index contributed by atoms with van der Waals surface area (Å²) in [6.45, 7) is 1.83. The van der Waals surface area contributed by atoms with Crippen molar-refractivity contribution in [2.75, 3.05) is 0 Å². The van der Waals surface area contributed by atoms with Crippen LogP contribution in [0.5, 0.6) is 0 Å². The molecule has 0 aliphatic carbocycles. The van der Waals surface area contributed by atoms with Crippen LogP contribution >= 0.6 is 31.9 Å². The number of hydrogen-bond donors (Lipinski definition) is 0. The Labute approximate surface area is 121 Å². The lowest BCUT2D eigenvalue weighted by Crippen LogP contribution is -2.05. The largest absolute Gasteiger partial charge is 0.288 e. The normalized spacial score (nSPS) is 10.4. The molecule has 0 N–H and O–H groups in total. The summed E-state index contributed by atoms with van der Waals surface area (Å²) in [7, 11) is 0. The molecule has 2 aromatic carbocycles. The first-order chi connectivity index (χ1) is 8.49. The molecule has 0 spiro atoms. The molecule has 18 heavy (non-hydrogen) atoms. The third kappa shape index (κ3) is 2.70. The molecule has 2 rings (SSSR count). The van der Waals surface area contributed by atoms with Gasteiger partial charge in [0.1, 0.15) is 5.82 Å². The van der Waals surface area contributed by atoms with E-state index in [0.717, 1.165) is 10.0 Å². The minimum absolute atomic E-state index is 0.0954. The number of carbonyl (C=O) groups is 1. The molecule has 92 valence electrons. The SMILES string of the molecule is Cc1ccc(F)c(C(=O)c2ccc(Br)cc2Br)c1. The van der Waals surface area contributed by atoms with Gasteiger partial charge in [0.25, 0.3) is 0 Å². The van der Waals surface area contributed by atoms with E-state index in [4.69, 9.17) is 0 Å². The zero-order chi connectivity index (χ0) is 13.3. The lowest BCUT2D eigenvalue weighted by Gasteiger charge is -2.06. The lowest BCUT2D eigenvalue weighted by molar-refractivity contribution is 0.103. The first-order valence-electron chi connectivity index (χ1n) is 5.25. The monoisotopic (exact) mass is 370 g/mol. The summed E-state index contributed by atoms with van der Waals surface area (Å²) in [5, 5.41) is 0. The lowest BCUT2D eigenvalue weighted by atomic mass is 10.0. The van der Waals surface area contributed by atoms with Crippen molar-refractivity contribution in [1.82, 2.24) is 0 Å². The number of aryl methyl sites for hydroxylation is 1. The van der Waals surface area contributed by atoms with Crippen LogP contribution in [0.3, 0.4) is 0 Å². The molecule has 0 aromatic heterocycles. The average Bonchev–Trinajstić information content (AvgIpc) is 2.31. The van der Waals surface area contributed by atoms with Crippen LogP contribution in [0.4, 0.5) is 4.39 Å². The van der Waals surface area contributed by atoms with E-state index >= 15 is 0 Å². The number of halogens is 3. The van der Waals surface area contributed by atoms with Crippen LogP contribution in [0.15, 0.2) is 45.3 Å². The zero-order valence-electron chi connectivity index (χ0n) is 9.51. The second-order valence-corrected chi connectivity index (χ2v) is 5.71. The molecule has 2 aromatic rings. The molecular formula is C14H9Br2FO. The van der Waals surface area contributed by atoms with Gasteiger partial charge in [-0.1, -0.05) is 27.6 Å². The van der Waals surface area contributed by atoms with Gasteiger partial charge in [-0.05, 0) is 53.2 Å². The van der Waals surface area contributed by atoms with E-state index in [2.05, 4.69) is 31.9 Å². The maximum atomic E-state index is 13.7. The van der Waals surface area contributed by atoms with E-state index in [0.29, 0.717) is 10.0 Å². The summed E-state index contributed by atoms with van der Waals surface area (Å²) in [5.41, 5.74) is 1.40. The molecule has 0 amide bonds. The fourth-order valence-corrected chi connectivity index (χ4v) is 2.86. The molecule has 0 bridgehead atoms. The van der Waals surface area contributed by atoms with Gasteiger partial charge in [0.15, 0.2) is 5.78 Å². The van der Waals surface area contributed by atoms with Gasteiger partial charge in [-0.25, -0.2) is 4.39 Å². The van der Waals surface area contributed by atoms with Gasteiger partial charge in [0, 0.05) is 14.5 Å². The van der Waals surface area contributed by atoms with E-state index in [1.165, 1.54) is 6.07 Å². The van der Waals surface area contributed by atoms with Crippen molar-refractivity contribution in [3.8, 4) is 0 Å². The Kier molecular flexibility index (Phi) is 3.97. The van der Waals surface area contributed by atoms with E-state index in [-0.39, 0.29) is 11.3 Å². The van der Waals surface area contributed by atoms with E-state index < -0.39 is 5.82 Å². The van der Waals surface area contributed by atoms with Gasteiger partial charge >= 0.3 is 0 Å². The smallest absolute Gasteiger partial charge is 0.197 e. The molecule has 0 aliphatic heterocycles. The van der Waals surface area contributed by atoms with Crippen LogP contribution in [0, 0.1) is 12.7 Å². The first-order valence-corrected chi connectivity index (χ1v) is 6.83. The Hall–Kier alpha value is -1.000. The molecule has 4 heteroatoms. The van der Waals surface area contributed by atoms with E-state index in [1.54, 1.807) is 30.3 Å². The number of ketones is 1. The summed E-state index contributed by atoms with van der Waals surface area (Å²) in [6.07, 6.45) is 0. The minimum atomic E-state index is -0.500. The Morgan fingerprint density at radius 2 is 1.78 bits per heavy atom. The van der Waals surface area contributed by atoms with Gasteiger partial charge in [-0.3, -0.25) is 4.79 Å². The molecule has 0 radical (unpaired) electrons. The van der Waals surface area contributed by atoms with Crippen LogP contribution in [0.25, 0.3) is 0 Å². The summed E-state index contributed by atoms with van der Waals surface area (Å²) < 4.78 is 15.2. The molecule has 0 atom stereocenters. The molecule has 0 saturated carbocycles. The predicted molar refractivity (Wildman–Crippen MR) is 76.4 cm³/mol. The van der Waals surface area contributed by atoms with Crippen molar-refractivity contribution >= 4 is 37.6 Å². The highest BCUT2D eigenvalue weighted by Gasteiger charge is 2.16. The topological polar surface area (TPSA) is 17.1 Å². The van der Waals surface area contributed by atoms with Crippen molar-refractivity contribution in [3.63, 3.8) is 0 Å². The standard InChI is InChI=1S/C14H9Br2FO/c1-8-2-5-13(17)11(6-8)14(18)10-4-3-9(15)7-12(10)16/h2-7H,1H3. The summed E-state index contributed by atoms with van der Waals surface area (Å²) in [4.78, 5) is 12.3. The Balaban J connectivity index is 2.51. The first kappa shape index (κ1) is 13.4. The molecule has 0 aliphatic rings. The fraction of sp³-hybridized carbons (Fsp3) is 0.0714. The van der Waals surface area contributed by atoms with Gasteiger partial charge in [-0.2, -0.15) is 0 Å². The summed E-state index contributed by atoms with van der Waals surface area (Å²) in [5.74, 6) is -0.823. The van der Waals surface area contributed by atoms with Crippen molar-refractivity contribution in [2.45, 2.75) is 6.92 Å². The predicted octanol–water partition coefficient (Wildman–Crippen LogP) is 4.89. The number of rotatable bonds is 2. The zero-order valence-corrected chi connectivity index (χ0v) is 12.7. The van der Waals surface area contributed by atoms with Crippen molar-refractivity contribution in [1.29, 1.82) is 0 Å². The Morgan fingerprint density at radius 3 is 2.44 bits per heavy atom. The number of benzene rings is 2. The second kappa shape index (κ2) is 5.33. The fourth-order valence-electron chi connectivity index (χ4n) is 1.63. The number of hydrogen-bond acceptors (Lipinski definition) is 1. The molecule has 0 heterocycles. The van der Waals surface area contributed by atoms with Gasteiger partial charge in [-0.15, -0.1) is 0 Å². The average molecular weight is 372 g/mol. The Bertz CT molecular complexity index is 623. The molecular weight excluding hydrogens is 363 g/mol. The maximum Gasteiger partial charge on any atom is 0.197 e. The third-order valence-electron chi connectivity index (χ3n) is 2.54.